The minimum absolute atomic E-state index is 0.445. The molecule has 0 aliphatic heterocycles. The molecule has 0 aliphatic carbocycles. The lowest BCUT2D eigenvalue weighted by Gasteiger charge is -2.12. The van der Waals surface area contributed by atoms with Crippen LogP contribution in [-0.2, 0) is 13.6 Å². The summed E-state index contributed by atoms with van der Waals surface area (Å²) in [6.07, 6.45) is 11.3. The summed E-state index contributed by atoms with van der Waals surface area (Å²) in [6, 6.07) is 2.57. The van der Waals surface area contributed by atoms with Crippen LogP contribution in [0.1, 0.15) is 25.3 Å². The Morgan fingerprint density at radius 3 is 2.93 bits per heavy atom. The van der Waals surface area contributed by atoms with Gasteiger partial charge in [0.1, 0.15) is 0 Å². The van der Waals surface area contributed by atoms with Crippen LogP contribution in [0.25, 0.3) is 0 Å². The zero-order chi connectivity index (χ0) is 10.4. The average molecular weight is 190 g/mol. The smallest absolute Gasteiger partial charge is 0.0240 e. The standard InChI is InChI=1S/C12H18N2/c1-4-6-12(5-2)13-9-11-7-8-14(3)10-11/h1,7-8,10,12-13H,5-6,9H2,2-3H3. The Morgan fingerprint density at radius 2 is 2.43 bits per heavy atom. The van der Waals surface area contributed by atoms with E-state index in [1.807, 2.05) is 7.05 Å². The molecule has 76 valence electrons. The van der Waals surface area contributed by atoms with Crippen molar-refractivity contribution >= 4 is 0 Å². The van der Waals surface area contributed by atoms with Crippen LogP contribution in [0.3, 0.4) is 0 Å². The van der Waals surface area contributed by atoms with Crippen LogP contribution in [0.2, 0.25) is 0 Å². The molecule has 1 heterocycles. The van der Waals surface area contributed by atoms with Gasteiger partial charge in [0.2, 0.25) is 0 Å². The van der Waals surface area contributed by atoms with Gasteiger partial charge in [-0.1, -0.05) is 6.92 Å². The van der Waals surface area contributed by atoms with E-state index in [2.05, 4.69) is 41.2 Å². The van der Waals surface area contributed by atoms with E-state index in [0.29, 0.717) is 6.04 Å². The Morgan fingerprint density at radius 1 is 1.64 bits per heavy atom. The van der Waals surface area contributed by atoms with E-state index < -0.39 is 0 Å². The predicted octanol–water partition coefficient (Wildman–Crippen LogP) is 1.92. The number of rotatable bonds is 5. The van der Waals surface area contributed by atoms with Gasteiger partial charge in [0, 0.05) is 38.4 Å². The quantitative estimate of drug-likeness (QED) is 0.702. The van der Waals surface area contributed by atoms with Gasteiger partial charge < -0.3 is 9.88 Å². The summed E-state index contributed by atoms with van der Waals surface area (Å²) in [6.45, 7) is 3.06. The molecule has 1 aromatic heterocycles. The molecule has 0 bridgehead atoms. The van der Waals surface area contributed by atoms with Crippen molar-refractivity contribution in [2.75, 3.05) is 0 Å². The van der Waals surface area contributed by atoms with E-state index in [1.165, 1.54) is 5.56 Å². The average Bonchev–Trinajstić information content (AvgIpc) is 2.59. The molecule has 0 fully saturated rings. The minimum atomic E-state index is 0.445. The number of nitrogens with one attached hydrogen (secondary N) is 1. The molecule has 0 amide bonds. The first-order chi connectivity index (χ1) is 6.76. The van der Waals surface area contributed by atoms with Crippen molar-refractivity contribution < 1.29 is 0 Å². The van der Waals surface area contributed by atoms with E-state index in [-0.39, 0.29) is 0 Å². The van der Waals surface area contributed by atoms with Crippen LogP contribution in [-0.4, -0.2) is 10.6 Å². The van der Waals surface area contributed by atoms with E-state index in [9.17, 15) is 0 Å². The molecule has 0 radical (unpaired) electrons. The molecular weight excluding hydrogens is 172 g/mol. The fraction of sp³-hybridized carbons (Fsp3) is 0.500. The van der Waals surface area contributed by atoms with E-state index in [1.54, 1.807) is 0 Å². The molecule has 0 spiro atoms. The number of hydrogen-bond acceptors (Lipinski definition) is 1. The van der Waals surface area contributed by atoms with Crippen molar-refractivity contribution in [1.29, 1.82) is 0 Å². The molecule has 1 aromatic rings. The third-order valence-corrected chi connectivity index (χ3v) is 2.35. The van der Waals surface area contributed by atoms with E-state index in [0.717, 1.165) is 19.4 Å². The number of nitrogens with zero attached hydrogens (tertiary/aromatic N) is 1. The van der Waals surface area contributed by atoms with Crippen molar-refractivity contribution in [3.8, 4) is 12.3 Å². The summed E-state index contributed by atoms with van der Waals surface area (Å²) in [7, 11) is 2.03. The maximum absolute atomic E-state index is 5.28. The Kier molecular flexibility index (Phi) is 4.28. The Balaban J connectivity index is 2.36. The fourth-order valence-corrected chi connectivity index (χ4v) is 1.43. The molecular formula is C12H18N2. The van der Waals surface area contributed by atoms with Gasteiger partial charge >= 0.3 is 0 Å². The maximum atomic E-state index is 5.28. The molecule has 1 N–H and O–H groups in total. The first-order valence-corrected chi connectivity index (χ1v) is 5.04. The number of hydrogen-bond donors (Lipinski definition) is 1. The zero-order valence-corrected chi connectivity index (χ0v) is 8.96. The lowest BCUT2D eigenvalue weighted by Crippen LogP contribution is -2.27. The fourth-order valence-electron chi connectivity index (χ4n) is 1.43. The van der Waals surface area contributed by atoms with Crippen LogP contribution in [0.15, 0.2) is 18.5 Å². The maximum Gasteiger partial charge on any atom is 0.0240 e. The highest BCUT2D eigenvalue weighted by Gasteiger charge is 2.03. The molecule has 1 unspecified atom stereocenters. The molecule has 0 aliphatic rings. The summed E-state index contributed by atoms with van der Waals surface area (Å²) >= 11 is 0. The molecule has 2 nitrogen and oxygen atoms in total. The van der Waals surface area contributed by atoms with Gasteiger partial charge in [-0.05, 0) is 18.1 Å². The van der Waals surface area contributed by atoms with Crippen molar-refractivity contribution in [2.45, 2.75) is 32.4 Å². The van der Waals surface area contributed by atoms with Crippen molar-refractivity contribution in [3.05, 3.63) is 24.0 Å². The van der Waals surface area contributed by atoms with Crippen LogP contribution in [0, 0.1) is 12.3 Å². The van der Waals surface area contributed by atoms with Crippen molar-refractivity contribution in [2.24, 2.45) is 7.05 Å². The first-order valence-electron chi connectivity index (χ1n) is 5.04. The number of aromatic nitrogens is 1. The van der Waals surface area contributed by atoms with E-state index >= 15 is 0 Å². The summed E-state index contributed by atoms with van der Waals surface area (Å²) < 4.78 is 2.05. The van der Waals surface area contributed by atoms with Gasteiger partial charge in [-0.2, -0.15) is 0 Å². The first kappa shape index (κ1) is 10.9. The van der Waals surface area contributed by atoms with E-state index in [4.69, 9.17) is 6.42 Å². The van der Waals surface area contributed by atoms with Crippen LogP contribution in [0.5, 0.6) is 0 Å². The SMILES string of the molecule is C#CCC(CC)NCc1ccn(C)c1. The van der Waals surface area contributed by atoms with Gasteiger partial charge in [0.15, 0.2) is 0 Å². The number of aryl methyl sites for hydroxylation is 1. The lowest BCUT2D eigenvalue weighted by molar-refractivity contribution is 0.506. The van der Waals surface area contributed by atoms with Gasteiger partial charge in [-0.25, -0.2) is 0 Å². The molecule has 0 saturated carbocycles. The second kappa shape index (κ2) is 5.51. The van der Waals surface area contributed by atoms with Crippen LogP contribution in [0.4, 0.5) is 0 Å². The van der Waals surface area contributed by atoms with Gasteiger partial charge in [0.25, 0.3) is 0 Å². The normalized spacial score (nSPS) is 12.4. The van der Waals surface area contributed by atoms with Crippen LogP contribution < -0.4 is 5.32 Å². The monoisotopic (exact) mass is 190 g/mol. The summed E-state index contributed by atoms with van der Waals surface area (Å²) in [5.74, 6) is 2.69. The summed E-state index contributed by atoms with van der Waals surface area (Å²) in [5.41, 5.74) is 1.31. The highest BCUT2D eigenvalue weighted by atomic mass is 14.9. The molecule has 0 saturated heterocycles. The minimum Gasteiger partial charge on any atom is -0.357 e. The second-order valence-electron chi connectivity index (χ2n) is 3.58. The molecule has 14 heavy (non-hydrogen) atoms. The summed E-state index contributed by atoms with van der Waals surface area (Å²) in [4.78, 5) is 0. The molecule has 1 atom stereocenters. The molecule has 1 rings (SSSR count). The third kappa shape index (κ3) is 3.27. The molecule has 0 aromatic carbocycles. The van der Waals surface area contributed by atoms with Crippen molar-refractivity contribution in [1.82, 2.24) is 9.88 Å². The second-order valence-corrected chi connectivity index (χ2v) is 3.58. The Bertz CT molecular complexity index is 306. The third-order valence-electron chi connectivity index (χ3n) is 2.35. The van der Waals surface area contributed by atoms with Gasteiger partial charge in [-0.3, -0.25) is 0 Å². The van der Waals surface area contributed by atoms with Crippen molar-refractivity contribution in [3.63, 3.8) is 0 Å². The molecule has 2 heteroatoms. The largest absolute Gasteiger partial charge is 0.357 e. The zero-order valence-electron chi connectivity index (χ0n) is 8.96. The predicted molar refractivity (Wildman–Crippen MR) is 59.8 cm³/mol. The Hall–Kier alpha value is -1.20. The highest BCUT2D eigenvalue weighted by Crippen LogP contribution is 2.02. The number of terminal acetylenes is 1. The van der Waals surface area contributed by atoms with Crippen LogP contribution >= 0.6 is 0 Å². The highest BCUT2D eigenvalue weighted by molar-refractivity contribution is 5.09. The Labute approximate surface area is 86.3 Å². The van der Waals surface area contributed by atoms with Gasteiger partial charge in [-0.15, -0.1) is 12.3 Å². The summed E-state index contributed by atoms with van der Waals surface area (Å²) in [5, 5.41) is 3.44. The van der Waals surface area contributed by atoms with Gasteiger partial charge in [0.05, 0.1) is 0 Å². The topological polar surface area (TPSA) is 17.0 Å². The lowest BCUT2D eigenvalue weighted by atomic mass is 10.1.